The normalized spacial score (nSPS) is 14.0. The van der Waals surface area contributed by atoms with Crippen LogP contribution in [0.15, 0.2) is 10.3 Å². The highest BCUT2D eigenvalue weighted by molar-refractivity contribution is 7.89. The first-order valence-corrected chi connectivity index (χ1v) is 9.02. The summed E-state index contributed by atoms with van der Waals surface area (Å²) in [6.07, 6.45) is 1.93. The SMILES string of the molecule is CCC(CC)C(C)NS(=O)(=O)c1c(C)csc1CN. The van der Waals surface area contributed by atoms with E-state index in [4.69, 9.17) is 5.73 Å². The van der Waals surface area contributed by atoms with Crippen molar-refractivity contribution in [2.45, 2.75) is 58.0 Å². The second-order valence-corrected chi connectivity index (χ2v) is 7.48. The molecule has 1 heterocycles. The van der Waals surface area contributed by atoms with Gasteiger partial charge >= 0.3 is 0 Å². The highest BCUT2D eigenvalue weighted by Crippen LogP contribution is 2.27. The van der Waals surface area contributed by atoms with Crippen LogP contribution in [0.5, 0.6) is 0 Å². The minimum Gasteiger partial charge on any atom is -0.326 e. The van der Waals surface area contributed by atoms with E-state index >= 15 is 0 Å². The molecule has 0 aromatic carbocycles. The fourth-order valence-corrected chi connectivity index (χ4v) is 5.40. The zero-order valence-electron chi connectivity index (χ0n) is 12.1. The summed E-state index contributed by atoms with van der Waals surface area (Å²) in [6, 6.07) is -0.0649. The average Bonchev–Trinajstić information content (AvgIpc) is 2.72. The molecule has 0 radical (unpaired) electrons. The molecular formula is C13H24N2O2S2. The first kappa shape index (κ1) is 16.6. The topological polar surface area (TPSA) is 72.2 Å². The third-order valence-corrected chi connectivity index (χ3v) is 6.58. The van der Waals surface area contributed by atoms with Gasteiger partial charge in [0.05, 0.1) is 0 Å². The van der Waals surface area contributed by atoms with Gasteiger partial charge in [-0.05, 0) is 30.7 Å². The Bertz CT molecular complexity index is 505. The van der Waals surface area contributed by atoms with Crippen LogP contribution in [-0.2, 0) is 16.6 Å². The summed E-state index contributed by atoms with van der Waals surface area (Å²) in [5.41, 5.74) is 6.39. The lowest BCUT2D eigenvalue weighted by molar-refractivity contribution is 0.390. The number of nitrogens with two attached hydrogens (primary N) is 1. The van der Waals surface area contributed by atoms with Gasteiger partial charge in [0, 0.05) is 17.5 Å². The van der Waals surface area contributed by atoms with Crippen molar-refractivity contribution >= 4 is 21.4 Å². The second-order valence-electron chi connectivity index (χ2n) is 4.86. The van der Waals surface area contributed by atoms with E-state index in [1.54, 1.807) is 0 Å². The third kappa shape index (κ3) is 3.78. The maximum atomic E-state index is 12.5. The Morgan fingerprint density at radius 1 is 1.37 bits per heavy atom. The maximum Gasteiger partial charge on any atom is 0.242 e. The van der Waals surface area contributed by atoms with Crippen LogP contribution >= 0.6 is 11.3 Å². The number of nitrogens with one attached hydrogen (secondary N) is 1. The zero-order chi connectivity index (χ0) is 14.6. The van der Waals surface area contributed by atoms with Gasteiger partial charge in [0.2, 0.25) is 10.0 Å². The summed E-state index contributed by atoms with van der Waals surface area (Å²) in [6.45, 7) is 8.17. The van der Waals surface area contributed by atoms with Crippen LogP contribution in [0.2, 0.25) is 0 Å². The Morgan fingerprint density at radius 3 is 2.42 bits per heavy atom. The number of hydrogen-bond donors (Lipinski definition) is 2. The molecule has 19 heavy (non-hydrogen) atoms. The van der Waals surface area contributed by atoms with E-state index in [2.05, 4.69) is 18.6 Å². The molecule has 1 aromatic heterocycles. The highest BCUT2D eigenvalue weighted by atomic mass is 32.2. The lowest BCUT2D eigenvalue weighted by Crippen LogP contribution is -2.38. The van der Waals surface area contributed by atoms with Gasteiger partial charge in [-0.25, -0.2) is 13.1 Å². The molecule has 0 saturated heterocycles. The van der Waals surface area contributed by atoms with Gasteiger partial charge in [0.15, 0.2) is 0 Å². The van der Waals surface area contributed by atoms with Gasteiger partial charge in [0.25, 0.3) is 0 Å². The Balaban J connectivity index is 3.01. The summed E-state index contributed by atoms with van der Waals surface area (Å²) in [7, 11) is -3.47. The van der Waals surface area contributed by atoms with Crippen LogP contribution in [0, 0.1) is 12.8 Å². The molecule has 0 spiro atoms. The maximum absolute atomic E-state index is 12.5. The van der Waals surface area contributed by atoms with Crippen LogP contribution in [-0.4, -0.2) is 14.5 Å². The van der Waals surface area contributed by atoms with Gasteiger partial charge in [-0.15, -0.1) is 11.3 Å². The Morgan fingerprint density at radius 2 is 1.95 bits per heavy atom. The molecule has 0 saturated carbocycles. The first-order chi connectivity index (χ1) is 8.87. The fourth-order valence-electron chi connectivity index (χ4n) is 2.38. The molecule has 0 amide bonds. The average molecular weight is 304 g/mol. The van der Waals surface area contributed by atoms with Gasteiger partial charge in [-0.2, -0.15) is 0 Å². The van der Waals surface area contributed by atoms with Crippen molar-refractivity contribution in [2.75, 3.05) is 0 Å². The molecule has 6 heteroatoms. The molecule has 0 fully saturated rings. The number of rotatable bonds is 7. The second kappa shape index (κ2) is 6.83. The van der Waals surface area contributed by atoms with Crippen LogP contribution in [0.3, 0.4) is 0 Å². The van der Waals surface area contributed by atoms with Crippen LogP contribution in [0.25, 0.3) is 0 Å². The van der Waals surface area contributed by atoms with Gasteiger partial charge < -0.3 is 5.73 Å². The van der Waals surface area contributed by atoms with E-state index in [9.17, 15) is 8.42 Å². The molecule has 1 unspecified atom stereocenters. The molecule has 4 nitrogen and oxygen atoms in total. The van der Waals surface area contributed by atoms with Gasteiger partial charge in [-0.1, -0.05) is 26.7 Å². The van der Waals surface area contributed by atoms with Crippen molar-refractivity contribution in [1.82, 2.24) is 4.72 Å². The summed E-state index contributed by atoms with van der Waals surface area (Å²) >= 11 is 1.41. The number of thiophene rings is 1. The first-order valence-electron chi connectivity index (χ1n) is 6.66. The lowest BCUT2D eigenvalue weighted by Gasteiger charge is -2.22. The van der Waals surface area contributed by atoms with Gasteiger partial charge in [0.1, 0.15) is 4.90 Å². The Labute approximate surface area is 120 Å². The van der Waals surface area contributed by atoms with Crippen molar-refractivity contribution in [3.63, 3.8) is 0 Å². The highest BCUT2D eigenvalue weighted by Gasteiger charge is 2.26. The Kier molecular flexibility index (Phi) is 5.98. The zero-order valence-corrected chi connectivity index (χ0v) is 13.7. The van der Waals surface area contributed by atoms with E-state index in [1.807, 2.05) is 19.2 Å². The monoisotopic (exact) mass is 304 g/mol. The minimum atomic E-state index is -3.47. The quantitative estimate of drug-likeness (QED) is 0.813. The van der Waals surface area contributed by atoms with Crippen LogP contribution < -0.4 is 10.5 Å². The molecule has 1 aromatic rings. The van der Waals surface area contributed by atoms with E-state index in [0.717, 1.165) is 23.3 Å². The lowest BCUT2D eigenvalue weighted by atomic mass is 9.96. The summed E-state index contributed by atoms with van der Waals surface area (Å²) in [5, 5.41) is 1.85. The standard InChI is InChI=1S/C13H24N2O2S2/c1-5-11(6-2)10(4)15-19(16,17)13-9(3)8-18-12(13)7-14/h8,10-11,15H,5-7,14H2,1-4H3. The molecule has 0 aliphatic heterocycles. The molecule has 0 aliphatic carbocycles. The van der Waals surface area contributed by atoms with Gasteiger partial charge in [-0.3, -0.25) is 0 Å². The smallest absolute Gasteiger partial charge is 0.242 e. The van der Waals surface area contributed by atoms with Crippen molar-refractivity contribution in [3.05, 3.63) is 15.8 Å². The predicted octanol–water partition coefficient (Wildman–Crippen LogP) is 2.62. The summed E-state index contributed by atoms with van der Waals surface area (Å²) in [4.78, 5) is 1.10. The van der Waals surface area contributed by atoms with Crippen molar-refractivity contribution in [1.29, 1.82) is 0 Å². The molecule has 3 N–H and O–H groups in total. The van der Waals surface area contributed by atoms with Crippen molar-refractivity contribution in [2.24, 2.45) is 11.7 Å². The Hall–Kier alpha value is -0.430. The number of sulfonamides is 1. The summed E-state index contributed by atoms with van der Waals surface area (Å²) < 4.78 is 27.8. The molecule has 1 rings (SSSR count). The molecule has 0 bridgehead atoms. The number of aryl methyl sites for hydroxylation is 1. The summed E-state index contributed by atoms with van der Waals surface area (Å²) in [5.74, 6) is 0.357. The van der Waals surface area contributed by atoms with E-state index < -0.39 is 10.0 Å². The molecule has 110 valence electrons. The molecule has 1 atom stereocenters. The van der Waals surface area contributed by atoms with Crippen molar-refractivity contribution in [3.8, 4) is 0 Å². The van der Waals surface area contributed by atoms with Crippen LogP contribution in [0.1, 0.15) is 44.1 Å². The molecular weight excluding hydrogens is 280 g/mol. The van der Waals surface area contributed by atoms with Crippen LogP contribution in [0.4, 0.5) is 0 Å². The van der Waals surface area contributed by atoms with E-state index in [0.29, 0.717) is 10.8 Å². The van der Waals surface area contributed by atoms with E-state index in [1.165, 1.54) is 11.3 Å². The largest absolute Gasteiger partial charge is 0.326 e. The minimum absolute atomic E-state index is 0.0649. The van der Waals surface area contributed by atoms with E-state index in [-0.39, 0.29) is 12.6 Å². The fraction of sp³-hybridized carbons (Fsp3) is 0.692. The third-order valence-electron chi connectivity index (χ3n) is 3.54. The molecule has 0 aliphatic rings. The predicted molar refractivity (Wildman–Crippen MR) is 80.8 cm³/mol. The number of hydrogen-bond acceptors (Lipinski definition) is 4. The van der Waals surface area contributed by atoms with Crippen molar-refractivity contribution < 1.29 is 8.42 Å².